The summed E-state index contributed by atoms with van der Waals surface area (Å²) in [6.45, 7) is 3.87. The number of aliphatic hydroxyl groups is 1. The molecule has 0 unspecified atom stereocenters. The van der Waals surface area contributed by atoms with Crippen molar-refractivity contribution in [2.45, 2.75) is 18.9 Å². The maximum atomic E-state index is 13.4. The second-order valence-electron chi connectivity index (χ2n) is 8.43. The van der Waals surface area contributed by atoms with Crippen molar-refractivity contribution >= 4 is 17.7 Å². The van der Waals surface area contributed by atoms with E-state index in [1.807, 2.05) is 0 Å². The summed E-state index contributed by atoms with van der Waals surface area (Å²) >= 11 is 0. The number of methoxy groups -OCH3 is 1. The van der Waals surface area contributed by atoms with E-state index in [-0.39, 0.29) is 49.6 Å². The summed E-state index contributed by atoms with van der Waals surface area (Å²) in [6.07, 6.45) is -0.513. The summed E-state index contributed by atoms with van der Waals surface area (Å²) < 4.78 is 16.3. The van der Waals surface area contributed by atoms with Gasteiger partial charge < -0.3 is 24.4 Å². The van der Waals surface area contributed by atoms with Gasteiger partial charge in [0, 0.05) is 19.1 Å². The summed E-state index contributed by atoms with van der Waals surface area (Å²) in [5.74, 6) is -1.44. The number of carboxylic acids is 1. The van der Waals surface area contributed by atoms with Gasteiger partial charge >= 0.3 is 11.9 Å². The van der Waals surface area contributed by atoms with E-state index in [4.69, 9.17) is 19.3 Å². The Bertz CT molecular complexity index is 1280. The fraction of sp³-hybridized carbons (Fsp3) is 0.233. The first-order valence-electron chi connectivity index (χ1n) is 12.0. The monoisotopic (exact) mass is 518 g/mol. The summed E-state index contributed by atoms with van der Waals surface area (Å²) in [7, 11) is 1.48. The molecule has 0 aromatic heterocycles. The number of benzene rings is 3. The topological polar surface area (TPSA) is 119 Å². The summed E-state index contributed by atoms with van der Waals surface area (Å²) in [5.41, 5.74) is 2.03. The van der Waals surface area contributed by atoms with Crippen LogP contribution in [0.1, 0.15) is 45.2 Å². The van der Waals surface area contributed by atoms with E-state index >= 15 is 0 Å². The molecule has 3 aromatic carbocycles. The van der Waals surface area contributed by atoms with Crippen LogP contribution in [0.3, 0.4) is 0 Å². The molecule has 3 rings (SSSR count). The van der Waals surface area contributed by atoms with E-state index in [0.717, 1.165) is 0 Å². The van der Waals surface area contributed by atoms with Crippen LogP contribution in [-0.4, -0.2) is 54.9 Å². The Morgan fingerprint density at radius 1 is 0.895 bits per heavy atom. The predicted molar refractivity (Wildman–Crippen MR) is 141 cm³/mol. The first kappa shape index (κ1) is 28.3. The Hall–Kier alpha value is -4.27. The van der Waals surface area contributed by atoms with Crippen LogP contribution in [0.25, 0.3) is 11.1 Å². The van der Waals surface area contributed by atoms with Gasteiger partial charge in [0.25, 0.3) is 0 Å². The lowest BCUT2D eigenvalue weighted by atomic mass is 9.95. The molecule has 0 heterocycles. The maximum Gasteiger partial charge on any atom is 0.339 e. The van der Waals surface area contributed by atoms with E-state index in [2.05, 4.69) is 6.58 Å². The smallest absolute Gasteiger partial charge is 0.339 e. The average Bonchev–Trinajstić information content (AvgIpc) is 2.94. The minimum absolute atomic E-state index is 0.0602. The zero-order chi connectivity index (χ0) is 27.5. The molecule has 2 N–H and O–H groups in total. The molecule has 38 heavy (non-hydrogen) atoms. The van der Waals surface area contributed by atoms with Crippen LogP contribution in [0, 0.1) is 0 Å². The number of ether oxygens (including phenoxy) is 3. The SMILES string of the molecule is C=C(COC)C(=O)CC[C@@H](OC(=O)c1ccccc1-c1ccccc1C(=O)O)c1ccc(OCCO)cc1. The average molecular weight is 519 g/mol. The molecule has 0 spiro atoms. The van der Waals surface area contributed by atoms with Gasteiger partial charge in [-0.1, -0.05) is 55.1 Å². The van der Waals surface area contributed by atoms with Gasteiger partial charge in [0.1, 0.15) is 18.5 Å². The maximum absolute atomic E-state index is 13.4. The predicted octanol–water partition coefficient (Wildman–Crippen LogP) is 4.87. The van der Waals surface area contributed by atoms with Crippen molar-refractivity contribution in [3.63, 3.8) is 0 Å². The number of carboxylic acid groups (broad SMARTS) is 1. The van der Waals surface area contributed by atoms with Gasteiger partial charge in [0.05, 0.1) is 24.3 Å². The third-order valence-electron chi connectivity index (χ3n) is 5.80. The van der Waals surface area contributed by atoms with Gasteiger partial charge in [-0.05, 0) is 47.4 Å². The molecule has 0 saturated carbocycles. The van der Waals surface area contributed by atoms with E-state index in [9.17, 15) is 19.5 Å². The molecular formula is C30H30O8. The first-order valence-corrected chi connectivity index (χ1v) is 12.0. The lowest BCUT2D eigenvalue weighted by Crippen LogP contribution is -2.15. The van der Waals surface area contributed by atoms with Crippen molar-refractivity contribution in [3.05, 3.63) is 102 Å². The van der Waals surface area contributed by atoms with Crippen LogP contribution in [0.5, 0.6) is 5.75 Å². The van der Waals surface area contributed by atoms with E-state index in [1.54, 1.807) is 66.7 Å². The Labute approximate surface area is 221 Å². The van der Waals surface area contributed by atoms with Gasteiger partial charge in [-0.25, -0.2) is 9.59 Å². The van der Waals surface area contributed by atoms with Gasteiger partial charge in [0.2, 0.25) is 0 Å². The van der Waals surface area contributed by atoms with Crippen LogP contribution in [-0.2, 0) is 14.3 Å². The van der Waals surface area contributed by atoms with Crippen molar-refractivity contribution in [2.24, 2.45) is 0 Å². The molecule has 198 valence electrons. The molecule has 0 aliphatic heterocycles. The molecular weight excluding hydrogens is 488 g/mol. The van der Waals surface area contributed by atoms with Gasteiger partial charge in [0.15, 0.2) is 5.78 Å². The van der Waals surface area contributed by atoms with Crippen molar-refractivity contribution in [3.8, 4) is 16.9 Å². The zero-order valence-corrected chi connectivity index (χ0v) is 21.1. The van der Waals surface area contributed by atoms with Gasteiger partial charge in [-0.2, -0.15) is 0 Å². The van der Waals surface area contributed by atoms with Crippen molar-refractivity contribution < 1.29 is 38.8 Å². The highest BCUT2D eigenvalue weighted by molar-refractivity contribution is 6.02. The molecule has 3 aromatic rings. The van der Waals surface area contributed by atoms with Crippen LogP contribution in [0.15, 0.2) is 84.9 Å². The number of aromatic carboxylic acids is 1. The third kappa shape index (κ3) is 7.38. The molecule has 8 nitrogen and oxygen atoms in total. The molecule has 0 aliphatic rings. The number of rotatable bonds is 14. The Morgan fingerprint density at radius 3 is 2.11 bits per heavy atom. The molecule has 0 aliphatic carbocycles. The van der Waals surface area contributed by atoms with Crippen LogP contribution in [0.4, 0.5) is 0 Å². The fourth-order valence-corrected chi connectivity index (χ4v) is 3.92. The Morgan fingerprint density at radius 2 is 1.50 bits per heavy atom. The quantitative estimate of drug-likeness (QED) is 0.229. The lowest BCUT2D eigenvalue weighted by Gasteiger charge is -2.20. The highest BCUT2D eigenvalue weighted by Crippen LogP contribution is 2.31. The Kier molecular flexibility index (Phi) is 10.3. The number of hydrogen-bond acceptors (Lipinski definition) is 7. The second-order valence-corrected chi connectivity index (χ2v) is 8.43. The number of Topliss-reactive ketones (excluding diaryl/α,β-unsaturated/α-hetero) is 1. The van der Waals surface area contributed by atoms with Crippen LogP contribution in [0.2, 0.25) is 0 Å². The molecule has 0 fully saturated rings. The number of carbonyl (C=O) groups excluding carboxylic acids is 2. The fourth-order valence-electron chi connectivity index (χ4n) is 3.92. The summed E-state index contributed by atoms with van der Waals surface area (Å²) in [5, 5.41) is 18.6. The normalized spacial score (nSPS) is 11.4. The van der Waals surface area contributed by atoms with Crippen LogP contribution >= 0.6 is 0 Å². The Balaban J connectivity index is 1.90. The standard InChI is InChI=1S/C30H30O8/c1-20(19-36-2)27(32)15-16-28(21-11-13-22(14-12-21)37-18-17-31)38-30(35)26-10-6-4-8-24(26)23-7-3-5-9-25(23)29(33)34/h3-14,28,31H,1,15-19H2,2H3,(H,33,34)/t28-/m1/s1. The van der Waals surface area contributed by atoms with Crippen molar-refractivity contribution in [2.75, 3.05) is 26.9 Å². The molecule has 0 radical (unpaired) electrons. The highest BCUT2D eigenvalue weighted by atomic mass is 16.5. The van der Waals surface area contributed by atoms with Crippen molar-refractivity contribution in [1.29, 1.82) is 0 Å². The van der Waals surface area contributed by atoms with E-state index in [1.165, 1.54) is 13.2 Å². The second kappa shape index (κ2) is 13.9. The minimum Gasteiger partial charge on any atom is -0.491 e. The number of aliphatic hydroxyl groups excluding tert-OH is 1. The first-order chi connectivity index (χ1) is 18.3. The summed E-state index contributed by atoms with van der Waals surface area (Å²) in [6, 6.07) is 19.9. The summed E-state index contributed by atoms with van der Waals surface area (Å²) in [4.78, 5) is 37.8. The van der Waals surface area contributed by atoms with E-state index in [0.29, 0.717) is 28.0 Å². The zero-order valence-electron chi connectivity index (χ0n) is 21.1. The third-order valence-corrected chi connectivity index (χ3v) is 5.80. The van der Waals surface area contributed by atoms with Crippen molar-refractivity contribution in [1.82, 2.24) is 0 Å². The molecule has 0 saturated heterocycles. The highest BCUT2D eigenvalue weighted by Gasteiger charge is 2.23. The van der Waals surface area contributed by atoms with E-state index < -0.39 is 18.0 Å². The van der Waals surface area contributed by atoms with Gasteiger partial charge in [-0.15, -0.1) is 0 Å². The molecule has 0 amide bonds. The largest absolute Gasteiger partial charge is 0.491 e. The minimum atomic E-state index is -1.11. The molecule has 0 bridgehead atoms. The van der Waals surface area contributed by atoms with Crippen LogP contribution < -0.4 is 4.74 Å². The number of hydrogen-bond donors (Lipinski definition) is 2. The van der Waals surface area contributed by atoms with Gasteiger partial charge in [-0.3, -0.25) is 4.79 Å². The number of esters is 1. The molecule has 8 heteroatoms. The lowest BCUT2D eigenvalue weighted by molar-refractivity contribution is -0.116. The number of ketones is 1. The molecule has 1 atom stereocenters. The number of carbonyl (C=O) groups is 3.